The monoisotopic (exact) mass is 538 g/mol. The number of aryl methyl sites for hydroxylation is 1. The molecule has 0 spiro atoms. The van der Waals surface area contributed by atoms with E-state index in [1.54, 1.807) is 37.8 Å². The van der Waals surface area contributed by atoms with Gasteiger partial charge >= 0.3 is 12.0 Å². The second kappa shape index (κ2) is 15.1. The summed E-state index contributed by atoms with van der Waals surface area (Å²) in [6.45, 7) is 0.975. The molecule has 1 unspecified atom stereocenters. The van der Waals surface area contributed by atoms with Crippen molar-refractivity contribution in [2.75, 3.05) is 11.9 Å². The van der Waals surface area contributed by atoms with Crippen molar-refractivity contribution in [3.8, 4) is 0 Å². The minimum Gasteiger partial charge on any atom is -0.550 e. The molecular weight excluding hydrogens is 508 g/mol. The maximum atomic E-state index is 12.6. The van der Waals surface area contributed by atoms with Gasteiger partial charge in [0.15, 0.2) is 12.4 Å². The number of aromatic amines is 1. The highest BCUT2D eigenvalue weighted by atomic mass is 16.4. The Hall–Kier alpha value is -5.20. The zero-order valence-corrected chi connectivity index (χ0v) is 21.4. The van der Waals surface area contributed by atoms with Gasteiger partial charge in [-0.25, -0.2) is 9.78 Å². The molecule has 13 nitrogen and oxygen atoms in total. The van der Waals surface area contributed by atoms with Crippen LogP contribution in [-0.2, 0) is 28.0 Å². The average molecular weight is 539 g/mol. The lowest BCUT2D eigenvalue weighted by Crippen LogP contribution is -2.39. The van der Waals surface area contributed by atoms with Gasteiger partial charge < -0.3 is 40.8 Å². The van der Waals surface area contributed by atoms with Crippen LogP contribution in [0.15, 0.2) is 67.1 Å². The molecule has 0 fully saturated rings. The fraction of sp³-hybridized carbons (Fsp3) is 0.231. The van der Waals surface area contributed by atoms with Crippen LogP contribution in [0.3, 0.4) is 0 Å². The highest BCUT2D eigenvalue weighted by molar-refractivity contribution is 5.97. The summed E-state index contributed by atoms with van der Waals surface area (Å²) in [5.74, 6) is -3.22. The Morgan fingerprint density at radius 1 is 1.05 bits per heavy atom. The number of anilines is 1. The molecule has 2 aromatic heterocycles. The summed E-state index contributed by atoms with van der Waals surface area (Å²) in [5.41, 5.74) is 2.19. The second-order valence-corrected chi connectivity index (χ2v) is 8.25. The summed E-state index contributed by atoms with van der Waals surface area (Å²) in [7, 11) is 1.64. The van der Waals surface area contributed by atoms with Crippen molar-refractivity contribution in [1.82, 2.24) is 20.5 Å². The maximum Gasteiger partial charge on any atom is 0.319 e. The van der Waals surface area contributed by atoms with Crippen molar-refractivity contribution in [1.29, 1.82) is 0 Å². The summed E-state index contributed by atoms with van der Waals surface area (Å²) < 4.78 is 1.52. The number of pyridine rings is 1. The van der Waals surface area contributed by atoms with E-state index in [0.717, 1.165) is 12.5 Å². The fourth-order valence-electron chi connectivity index (χ4n) is 3.36. The molecule has 0 aliphatic heterocycles. The van der Waals surface area contributed by atoms with Crippen molar-refractivity contribution < 1.29 is 39.2 Å². The Morgan fingerprint density at radius 3 is 2.36 bits per heavy atom. The predicted molar refractivity (Wildman–Crippen MR) is 137 cm³/mol. The number of aliphatic carboxylic acids is 2. The number of carboxylic acids is 2. The van der Waals surface area contributed by atoms with Crippen molar-refractivity contribution >= 4 is 35.5 Å². The first-order chi connectivity index (χ1) is 18.5. The standard InChI is InChI=1S/C24H26N6O5.C2H4O2/c1-30-15-18(28-24(35)27-12-16-6-3-2-4-7-16)10-20(30)23(34)26-14-21(31)29-19(11-22(32)33)17-8-5-9-25-13-17;1-2(3)4/h2-10,13,15,19H,11-12,14H2,1H3,(H,26,34)(H,29,31)(H,32,33)(H2,27,28,35);1H3,(H,3,4). The van der Waals surface area contributed by atoms with Crippen LogP contribution in [-0.4, -0.2) is 46.0 Å². The van der Waals surface area contributed by atoms with Crippen LogP contribution in [0.4, 0.5) is 10.5 Å². The molecule has 0 saturated carbocycles. The second-order valence-electron chi connectivity index (χ2n) is 8.25. The number of nitrogens with zero attached hydrogens (tertiary/aromatic N) is 1. The Morgan fingerprint density at radius 2 is 1.74 bits per heavy atom. The molecule has 13 heteroatoms. The van der Waals surface area contributed by atoms with E-state index in [1.807, 2.05) is 30.3 Å². The molecule has 0 bridgehead atoms. The highest BCUT2D eigenvalue weighted by Gasteiger charge is 2.20. The van der Waals surface area contributed by atoms with Gasteiger partial charge in [-0.05, 0) is 24.6 Å². The first-order valence-electron chi connectivity index (χ1n) is 11.7. The van der Waals surface area contributed by atoms with E-state index >= 15 is 0 Å². The molecule has 206 valence electrons. The number of amides is 4. The summed E-state index contributed by atoms with van der Waals surface area (Å²) in [5, 5.41) is 28.6. The Labute approximate surface area is 224 Å². The molecule has 6 N–H and O–H groups in total. The van der Waals surface area contributed by atoms with Crippen LogP contribution in [0.2, 0.25) is 0 Å². The number of nitrogens with one attached hydrogen (secondary N) is 5. The predicted octanol–water partition coefficient (Wildman–Crippen LogP) is -0.0209. The number of rotatable bonds is 10. The first kappa shape index (κ1) is 30.0. The molecule has 0 radical (unpaired) electrons. The Bertz CT molecular complexity index is 1270. The van der Waals surface area contributed by atoms with Crippen LogP contribution >= 0.6 is 0 Å². The van der Waals surface area contributed by atoms with Crippen LogP contribution < -0.4 is 31.4 Å². The van der Waals surface area contributed by atoms with E-state index in [9.17, 15) is 19.2 Å². The van der Waals surface area contributed by atoms with Crippen LogP contribution in [0, 0.1) is 0 Å². The zero-order valence-electron chi connectivity index (χ0n) is 21.4. The third kappa shape index (κ3) is 11.2. The van der Waals surface area contributed by atoms with Crippen molar-refractivity contribution in [2.45, 2.75) is 25.9 Å². The number of H-pyrrole nitrogens is 1. The van der Waals surface area contributed by atoms with Gasteiger partial charge in [-0.1, -0.05) is 30.3 Å². The third-order valence-corrected chi connectivity index (χ3v) is 5.05. The lowest BCUT2D eigenvalue weighted by atomic mass is 10.1. The van der Waals surface area contributed by atoms with Crippen molar-refractivity contribution in [2.24, 2.45) is 7.05 Å². The third-order valence-electron chi connectivity index (χ3n) is 5.05. The first-order valence-corrected chi connectivity index (χ1v) is 11.7. The molecule has 4 amide bonds. The van der Waals surface area contributed by atoms with Gasteiger partial charge in [0.05, 0.1) is 24.7 Å². The SMILES string of the molecule is CC(=O)[O-].Cn1cc(NC(=O)NCc2ccccc2)cc1C(=O)NCC(=O)NC(CC(=O)O)c1ccc[nH+]c1. The summed E-state index contributed by atoms with van der Waals surface area (Å²) in [6.07, 6.45) is 4.53. The van der Waals surface area contributed by atoms with Crippen LogP contribution in [0.5, 0.6) is 0 Å². The number of hydrogen-bond donors (Lipinski definition) is 5. The molecule has 3 aromatic rings. The average Bonchev–Trinajstić information content (AvgIpc) is 3.26. The van der Waals surface area contributed by atoms with Gasteiger partial charge in [0.1, 0.15) is 5.69 Å². The van der Waals surface area contributed by atoms with Gasteiger partial charge in [0, 0.05) is 37.4 Å². The Kier molecular flexibility index (Phi) is 11.7. The molecule has 3 rings (SSSR count). The molecule has 0 saturated heterocycles. The van der Waals surface area contributed by atoms with E-state index in [1.165, 1.54) is 10.6 Å². The van der Waals surface area contributed by atoms with Gasteiger partial charge in [0.25, 0.3) is 5.91 Å². The summed E-state index contributed by atoms with van der Waals surface area (Å²) in [6, 6.07) is 13.1. The molecule has 0 aliphatic carbocycles. The van der Waals surface area contributed by atoms with Crippen molar-refractivity contribution in [3.05, 3.63) is 83.9 Å². The normalized spacial score (nSPS) is 10.7. The Balaban J connectivity index is 0.00000124. The van der Waals surface area contributed by atoms with E-state index < -0.39 is 35.8 Å². The summed E-state index contributed by atoms with van der Waals surface area (Å²) >= 11 is 0. The quantitative estimate of drug-likeness (QED) is 0.239. The summed E-state index contributed by atoms with van der Waals surface area (Å²) in [4.78, 5) is 60.0. The number of hydrogen-bond acceptors (Lipinski definition) is 6. The van der Waals surface area contributed by atoms with Gasteiger partial charge in [-0.3, -0.25) is 14.4 Å². The molecular formula is C26H30N6O7. The largest absolute Gasteiger partial charge is 0.550 e. The number of urea groups is 1. The molecule has 1 aromatic carbocycles. The molecule has 0 aliphatic rings. The van der Waals surface area contributed by atoms with E-state index in [0.29, 0.717) is 17.8 Å². The van der Waals surface area contributed by atoms with E-state index in [4.69, 9.17) is 15.0 Å². The maximum absolute atomic E-state index is 12.6. The van der Waals surface area contributed by atoms with Crippen LogP contribution in [0.25, 0.3) is 0 Å². The van der Waals surface area contributed by atoms with Crippen LogP contribution in [0.1, 0.15) is 41.0 Å². The smallest absolute Gasteiger partial charge is 0.319 e. The van der Waals surface area contributed by atoms with Crippen molar-refractivity contribution in [3.63, 3.8) is 0 Å². The van der Waals surface area contributed by atoms with Gasteiger partial charge in [-0.15, -0.1) is 0 Å². The number of carbonyl (C=O) groups is 5. The van der Waals surface area contributed by atoms with Gasteiger partial charge in [-0.2, -0.15) is 0 Å². The zero-order chi connectivity index (χ0) is 28.8. The highest BCUT2D eigenvalue weighted by Crippen LogP contribution is 2.15. The lowest BCUT2D eigenvalue weighted by molar-refractivity contribution is -0.378. The lowest BCUT2D eigenvalue weighted by Gasteiger charge is -2.16. The van der Waals surface area contributed by atoms with E-state index in [-0.39, 0.29) is 18.7 Å². The number of carboxylic acid groups (broad SMARTS) is 2. The molecule has 1 atom stereocenters. The number of benzene rings is 1. The number of carbonyl (C=O) groups excluding carboxylic acids is 4. The molecule has 2 heterocycles. The number of aromatic nitrogens is 2. The fourth-order valence-corrected chi connectivity index (χ4v) is 3.36. The van der Waals surface area contributed by atoms with Gasteiger partial charge in [0.2, 0.25) is 5.91 Å². The molecule has 39 heavy (non-hydrogen) atoms. The minimum absolute atomic E-state index is 0.232. The minimum atomic E-state index is -1.08. The topological polar surface area (TPSA) is 196 Å². The van der Waals surface area contributed by atoms with E-state index in [2.05, 4.69) is 26.3 Å².